The van der Waals surface area contributed by atoms with Crippen molar-refractivity contribution in [3.63, 3.8) is 0 Å². The van der Waals surface area contributed by atoms with Crippen LogP contribution in [0.5, 0.6) is 0 Å². The number of carboxylic acids is 1. The van der Waals surface area contributed by atoms with Gasteiger partial charge in [0, 0.05) is 16.5 Å². The summed E-state index contributed by atoms with van der Waals surface area (Å²) >= 11 is 3.38. The summed E-state index contributed by atoms with van der Waals surface area (Å²) in [4.78, 5) is 23.8. The highest BCUT2D eigenvalue weighted by Gasteiger charge is 2.52. The van der Waals surface area contributed by atoms with Gasteiger partial charge in [-0.3, -0.25) is 4.79 Å². The van der Waals surface area contributed by atoms with Crippen molar-refractivity contribution < 1.29 is 14.7 Å². The van der Waals surface area contributed by atoms with Crippen molar-refractivity contribution in [2.24, 2.45) is 11.1 Å². The Morgan fingerprint density at radius 3 is 2.30 bits per heavy atom. The number of halogens is 1. The van der Waals surface area contributed by atoms with Crippen molar-refractivity contribution in [3.05, 3.63) is 45.4 Å². The van der Waals surface area contributed by atoms with Gasteiger partial charge in [0.1, 0.15) is 0 Å². The summed E-state index contributed by atoms with van der Waals surface area (Å²) in [5.41, 5.74) is 6.85. The molecule has 1 amide bonds. The van der Waals surface area contributed by atoms with Gasteiger partial charge in [-0.25, -0.2) is 4.79 Å². The topological polar surface area (TPSA) is 80.4 Å². The van der Waals surface area contributed by atoms with Crippen molar-refractivity contribution in [2.45, 2.75) is 45.4 Å². The van der Waals surface area contributed by atoms with Gasteiger partial charge in [0.2, 0.25) is 5.91 Å². The Morgan fingerprint density at radius 1 is 1.26 bits per heavy atom. The third kappa shape index (κ3) is 4.02. The first-order valence-electron chi connectivity index (χ1n) is 7.91. The van der Waals surface area contributed by atoms with Gasteiger partial charge in [0.25, 0.3) is 0 Å². The molecule has 0 bridgehead atoms. The van der Waals surface area contributed by atoms with Gasteiger partial charge in [0.05, 0.1) is 5.41 Å². The largest absolute Gasteiger partial charge is 0.478 e. The molecule has 5 heteroatoms. The maximum atomic E-state index is 11.9. The van der Waals surface area contributed by atoms with E-state index in [1.54, 1.807) is 0 Å². The van der Waals surface area contributed by atoms with Gasteiger partial charge in [-0.2, -0.15) is 0 Å². The normalized spacial score (nSPS) is 16.6. The van der Waals surface area contributed by atoms with E-state index in [2.05, 4.69) is 22.9 Å². The zero-order valence-electron chi connectivity index (χ0n) is 13.3. The van der Waals surface area contributed by atoms with E-state index in [-0.39, 0.29) is 0 Å². The Kier molecular flexibility index (Phi) is 5.63. The molecule has 0 aromatic heterocycles. The van der Waals surface area contributed by atoms with E-state index >= 15 is 0 Å². The van der Waals surface area contributed by atoms with E-state index in [0.29, 0.717) is 31.3 Å². The lowest BCUT2D eigenvalue weighted by Crippen LogP contribution is -2.29. The number of primary amides is 1. The first-order valence-corrected chi connectivity index (χ1v) is 8.70. The minimum absolute atomic E-state index is 0.316. The van der Waals surface area contributed by atoms with E-state index in [1.807, 2.05) is 24.3 Å². The van der Waals surface area contributed by atoms with Gasteiger partial charge in [-0.05, 0) is 49.0 Å². The van der Waals surface area contributed by atoms with Crippen LogP contribution < -0.4 is 5.73 Å². The van der Waals surface area contributed by atoms with Crippen LogP contribution in [0.1, 0.15) is 44.6 Å². The lowest BCUT2D eigenvalue weighted by atomic mass is 9.84. The molecule has 2 rings (SSSR count). The van der Waals surface area contributed by atoms with Crippen LogP contribution in [0.4, 0.5) is 0 Å². The maximum Gasteiger partial charge on any atom is 0.331 e. The molecule has 3 N–H and O–H groups in total. The zero-order valence-corrected chi connectivity index (χ0v) is 14.9. The molecule has 1 saturated carbocycles. The summed E-state index contributed by atoms with van der Waals surface area (Å²) < 4.78 is 0.948. The fourth-order valence-corrected chi connectivity index (χ4v) is 3.24. The minimum Gasteiger partial charge on any atom is -0.478 e. The third-order valence-electron chi connectivity index (χ3n) is 4.50. The molecule has 1 aromatic carbocycles. The van der Waals surface area contributed by atoms with E-state index in [9.17, 15) is 14.7 Å². The number of unbranched alkanes of at least 4 members (excludes halogenated alkanes) is 1. The molecule has 0 heterocycles. The molecule has 1 aliphatic carbocycles. The molecule has 0 radical (unpaired) electrons. The molecule has 0 saturated heterocycles. The predicted molar refractivity (Wildman–Crippen MR) is 92.9 cm³/mol. The summed E-state index contributed by atoms with van der Waals surface area (Å²) in [6.45, 7) is 2.05. The molecular formula is C18H22BrNO3. The van der Waals surface area contributed by atoms with Crippen molar-refractivity contribution in [1.82, 2.24) is 0 Å². The molecule has 0 spiro atoms. The zero-order chi connectivity index (χ0) is 17.0. The maximum absolute atomic E-state index is 11.9. The smallest absolute Gasteiger partial charge is 0.331 e. The van der Waals surface area contributed by atoms with Gasteiger partial charge >= 0.3 is 5.97 Å². The molecule has 23 heavy (non-hydrogen) atoms. The van der Waals surface area contributed by atoms with Crippen LogP contribution in [-0.2, 0) is 16.0 Å². The highest BCUT2D eigenvalue weighted by Crippen LogP contribution is 2.54. The fourth-order valence-electron chi connectivity index (χ4n) is 2.97. The van der Waals surface area contributed by atoms with Gasteiger partial charge in [-0.15, -0.1) is 0 Å². The molecular weight excluding hydrogens is 358 g/mol. The highest BCUT2D eigenvalue weighted by atomic mass is 79.9. The molecule has 4 nitrogen and oxygen atoms in total. The van der Waals surface area contributed by atoms with Crippen LogP contribution in [-0.4, -0.2) is 17.0 Å². The second-order valence-electron chi connectivity index (χ2n) is 6.12. The predicted octanol–water partition coefficient (Wildman–Crippen LogP) is 3.83. The molecule has 1 fully saturated rings. The van der Waals surface area contributed by atoms with Gasteiger partial charge in [-0.1, -0.05) is 41.4 Å². The summed E-state index contributed by atoms with van der Waals surface area (Å²) in [7, 11) is 0. The number of hydrogen-bond donors (Lipinski definition) is 2. The number of hydrogen-bond acceptors (Lipinski definition) is 2. The molecule has 0 aliphatic heterocycles. The molecule has 0 unspecified atom stereocenters. The number of nitrogens with two attached hydrogens (primary N) is 1. The fraction of sp³-hybridized carbons (Fsp3) is 0.444. The Bertz CT molecular complexity index is 630. The van der Waals surface area contributed by atoms with Crippen molar-refractivity contribution in [1.29, 1.82) is 0 Å². The lowest BCUT2D eigenvalue weighted by Gasteiger charge is -2.20. The van der Waals surface area contributed by atoms with E-state index in [0.717, 1.165) is 28.5 Å². The van der Waals surface area contributed by atoms with Gasteiger partial charge < -0.3 is 10.8 Å². The van der Waals surface area contributed by atoms with Crippen molar-refractivity contribution >= 4 is 27.8 Å². The standard InChI is InChI=1S/C18H22BrNO3/c1-2-3-4-15(18(9-10-18)17(20)23)14(16(21)22)11-12-5-7-13(19)8-6-12/h5-8H,2-4,9-11H2,1H3,(H2,20,23)(H,21,22)/b15-14+. The number of carbonyl (C=O) groups excluding carboxylic acids is 1. The van der Waals surface area contributed by atoms with Crippen LogP contribution in [0.25, 0.3) is 0 Å². The third-order valence-corrected chi connectivity index (χ3v) is 5.02. The SMILES string of the molecule is CCCC/C(=C(/Cc1ccc(Br)cc1)C(=O)O)C1(C(N)=O)CC1. The molecule has 0 atom stereocenters. The molecule has 1 aliphatic rings. The van der Waals surface area contributed by atoms with Crippen LogP contribution in [0, 0.1) is 5.41 Å². The Balaban J connectivity index is 2.42. The second-order valence-corrected chi connectivity index (χ2v) is 7.03. The Labute approximate surface area is 144 Å². The average Bonchev–Trinajstić information content (AvgIpc) is 3.30. The monoisotopic (exact) mass is 379 g/mol. The number of amides is 1. The van der Waals surface area contributed by atoms with E-state index in [4.69, 9.17) is 5.73 Å². The van der Waals surface area contributed by atoms with E-state index in [1.165, 1.54) is 0 Å². The van der Waals surface area contributed by atoms with Crippen molar-refractivity contribution in [2.75, 3.05) is 0 Å². The lowest BCUT2D eigenvalue weighted by molar-refractivity contribution is -0.132. The first kappa shape index (κ1) is 17.7. The summed E-state index contributed by atoms with van der Waals surface area (Å²) in [6.07, 6.45) is 4.08. The Morgan fingerprint density at radius 2 is 1.87 bits per heavy atom. The second kappa shape index (κ2) is 7.30. The number of benzene rings is 1. The Hall–Kier alpha value is -1.62. The van der Waals surface area contributed by atoms with Crippen LogP contribution >= 0.6 is 15.9 Å². The number of aliphatic carboxylic acids is 1. The van der Waals surface area contributed by atoms with Crippen LogP contribution in [0.2, 0.25) is 0 Å². The molecule has 1 aromatic rings. The van der Waals surface area contributed by atoms with Crippen molar-refractivity contribution in [3.8, 4) is 0 Å². The number of carboxylic acid groups (broad SMARTS) is 1. The number of rotatable bonds is 8. The van der Waals surface area contributed by atoms with Crippen LogP contribution in [0.3, 0.4) is 0 Å². The quantitative estimate of drug-likeness (QED) is 0.673. The molecule has 124 valence electrons. The minimum atomic E-state index is -0.952. The summed E-state index contributed by atoms with van der Waals surface area (Å²) in [5, 5.41) is 9.71. The van der Waals surface area contributed by atoms with Gasteiger partial charge in [0.15, 0.2) is 0 Å². The summed E-state index contributed by atoms with van der Waals surface area (Å²) in [6, 6.07) is 7.58. The van der Waals surface area contributed by atoms with Crippen LogP contribution in [0.15, 0.2) is 39.9 Å². The van der Waals surface area contributed by atoms with E-state index < -0.39 is 17.3 Å². The average molecular weight is 380 g/mol. The number of carbonyl (C=O) groups is 2. The first-order chi connectivity index (χ1) is 10.9. The summed E-state index contributed by atoms with van der Waals surface area (Å²) in [5.74, 6) is -1.34. The highest BCUT2D eigenvalue weighted by molar-refractivity contribution is 9.10.